The van der Waals surface area contributed by atoms with E-state index in [9.17, 15) is 19.2 Å². The molecule has 0 aliphatic carbocycles. The summed E-state index contributed by atoms with van der Waals surface area (Å²) in [4.78, 5) is 54.5. The van der Waals surface area contributed by atoms with Crippen molar-refractivity contribution in [2.45, 2.75) is 496 Å². The van der Waals surface area contributed by atoms with Gasteiger partial charge in [0.05, 0.1) is 29.4 Å². The number of hydrogen-bond donors (Lipinski definition) is 0. The number of esters is 4. The molecule has 0 N–H and O–H groups in total. The monoisotopic (exact) mass is 1800 g/mol. The third-order valence-corrected chi connectivity index (χ3v) is 31.3. The lowest BCUT2D eigenvalue weighted by atomic mass is 10.0. The van der Waals surface area contributed by atoms with Crippen molar-refractivity contribution in [1.29, 1.82) is 0 Å². The van der Waals surface area contributed by atoms with Crippen LogP contribution in [0, 0.1) is 0 Å². The van der Waals surface area contributed by atoms with E-state index < -0.39 is 97.6 Å². The molecule has 0 aliphatic heterocycles. The van der Waals surface area contributed by atoms with Crippen molar-refractivity contribution in [3.63, 3.8) is 0 Å². The van der Waals surface area contributed by atoms with Gasteiger partial charge in [0.15, 0.2) is 20.5 Å². The van der Waals surface area contributed by atoms with Crippen molar-refractivity contribution >= 4 is 71.0 Å². The molecule has 704 valence electrons. The highest BCUT2D eigenvalue weighted by atomic mass is 35.5. The number of hydrogen-bond acceptors (Lipinski definition) is 17. The van der Waals surface area contributed by atoms with Gasteiger partial charge in [0, 0.05) is 25.7 Å². The van der Waals surface area contributed by atoms with Crippen molar-refractivity contribution in [1.82, 2.24) is 0 Å². The van der Waals surface area contributed by atoms with E-state index in [0.717, 1.165) is 89.9 Å². The zero-order valence-electron chi connectivity index (χ0n) is 78.4. The number of carbonyl (C=O) groups excluding carboxylic acids is 4. The number of phosphoric ester groups is 2. The topological polar surface area (TPSA) is 204 Å². The van der Waals surface area contributed by atoms with E-state index in [1.807, 2.05) is 33.9 Å². The summed E-state index contributed by atoms with van der Waals surface area (Å²) in [6, 6.07) is 12.7. The van der Waals surface area contributed by atoms with Gasteiger partial charge in [-0.1, -0.05) is 455 Å². The van der Waals surface area contributed by atoms with Crippen LogP contribution in [0.1, 0.15) is 459 Å². The van der Waals surface area contributed by atoms with Gasteiger partial charge in [0.1, 0.15) is 37.9 Å². The first-order valence-corrected chi connectivity index (χ1v) is 56.2. The molecule has 0 saturated heterocycles. The smallest absolute Gasteiger partial charge is 0.462 e. The summed E-state index contributed by atoms with van der Waals surface area (Å²) in [5.74, 6) is -2.06. The second-order valence-electron chi connectivity index (χ2n) is 36.0. The Morgan fingerprint density at radius 1 is 0.298 bits per heavy atom. The van der Waals surface area contributed by atoms with Gasteiger partial charge in [-0.3, -0.25) is 37.3 Å². The van der Waals surface area contributed by atoms with Gasteiger partial charge in [-0.25, -0.2) is 9.13 Å². The second kappa shape index (κ2) is 77.0. The number of phosphoric acid groups is 2. The first kappa shape index (κ1) is 114. The summed E-state index contributed by atoms with van der Waals surface area (Å²) in [6.45, 7) is 16.0. The Morgan fingerprint density at radius 2 is 0.496 bits per heavy atom. The molecule has 0 aromatic heterocycles. The highest BCUT2D eigenvalue weighted by Gasteiger charge is 2.43. The van der Waals surface area contributed by atoms with Gasteiger partial charge in [0.2, 0.25) is 0 Å². The minimum atomic E-state index is -4.88. The summed E-state index contributed by atoms with van der Waals surface area (Å²) in [6.07, 6.45) is 68.2. The molecule has 0 aliphatic rings. The number of para-hydroxylation sites is 2. The largest absolute Gasteiger partial charge is 0.530 e. The lowest BCUT2D eigenvalue weighted by Crippen LogP contribution is -2.46. The number of benzene rings is 2. The Morgan fingerprint density at radius 3 is 0.711 bits per heavy atom. The highest BCUT2D eigenvalue weighted by molar-refractivity contribution is 7.49. The molecule has 0 saturated carbocycles. The number of unbranched alkanes of at least 4 members (excludes halogenated alkanes) is 56. The lowest BCUT2D eigenvalue weighted by Gasteiger charge is -2.39. The van der Waals surface area contributed by atoms with Crippen LogP contribution in [-0.4, -0.2) is 90.1 Å². The molecule has 2 aromatic rings. The van der Waals surface area contributed by atoms with Crippen LogP contribution in [-0.2, 0) is 69.8 Å². The zero-order chi connectivity index (χ0) is 88.3. The quantitative estimate of drug-likeness (QED) is 0.0199. The van der Waals surface area contributed by atoms with Crippen LogP contribution < -0.4 is 9.05 Å². The van der Waals surface area contributed by atoms with Crippen LogP contribution in [0.25, 0.3) is 0 Å². The Bertz CT molecular complexity index is 2730. The molecule has 0 radical (unpaired) electrons. The first-order valence-electron chi connectivity index (χ1n) is 49.6. The van der Waals surface area contributed by atoms with Crippen molar-refractivity contribution in [3.05, 3.63) is 58.6 Å². The fraction of sp³-hybridized carbons (Fsp3) is 0.838. The predicted octanol–water partition coefficient (Wildman–Crippen LogP) is 33.1. The van der Waals surface area contributed by atoms with Crippen LogP contribution in [0.2, 0.25) is 28.2 Å². The van der Waals surface area contributed by atoms with Gasteiger partial charge in [0.25, 0.3) is 0 Å². The molecule has 0 amide bonds. The molecular formula is C99H178Cl2O17P2Si. The minimum Gasteiger partial charge on any atom is -0.462 e. The molecule has 121 heavy (non-hydrogen) atoms. The van der Waals surface area contributed by atoms with E-state index in [4.69, 9.17) is 73.7 Å². The van der Waals surface area contributed by atoms with Gasteiger partial charge < -0.3 is 32.4 Å². The van der Waals surface area contributed by atoms with E-state index in [0.29, 0.717) is 25.7 Å². The summed E-state index contributed by atoms with van der Waals surface area (Å²) >= 11 is 13.4. The van der Waals surface area contributed by atoms with Gasteiger partial charge in [-0.15, -0.1) is 0 Å². The summed E-state index contributed by atoms with van der Waals surface area (Å²) in [5.41, 5.74) is 0. The molecule has 0 bridgehead atoms. The molecule has 17 nitrogen and oxygen atoms in total. The average Bonchev–Trinajstić information content (AvgIpc) is 0.823. The van der Waals surface area contributed by atoms with Crippen LogP contribution in [0.3, 0.4) is 0 Å². The fourth-order valence-corrected chi connectivity index (χ4v) is 19.0. The van der Waals surface area contributed by atoms with Crippen molar-refractivity contribution in [3.8, 4) is 11.5 Å². The third-order valence-electron chi connectivity index (χ3n) is 23.4. The maximum atomic E-state index is 15.5. The maximum absolute atomic E-state index is 15.5. The van der Waals surface area contributed by atoms with Crippen LogP contribution in [0.4, 0.5) is 0 Å². The minimum absolute atomic E-state index is 0.0472. The molecule has 22 heteroatoms. The standard InChI is InChI=1S/C99H178Cl2O17P2Si/c1-10-14-18-22-26-30-34-38-42-46-50-54-58-62-66-78-95(102)108-82-88(114-97(104)80-68-64-60-56-52-48-44-40-36-32-28-24-20-16-12-3)84-110-119(106,116-93-76-72-70-74-91(93)100)112-86-90(118-121(8,9)99(5,6)7)87-113-120(107,117-94-77-73-71-75-92(94)101)111-85-89(115-98(105)81-69-65-61-57-53-49-45-41-37-33-29-25-21-17-13-4)83-109-96(103)79-67-63-59-55-51-47-43-39-35-31-27-23-19-15-11-2/h70-77,88-90H,10-69,78-87H2,1-9H3/t88-,89-,90?,119?,120?/m1/s1. The molecular weight excluding hydrogens is 1620 g/mol. The first-order chi connectivity index (χ1) is 58.6. The molecule has 0 spiro atoms. The SMILES string of the molecule is CCCCCCCCCCCCCCCCCC(=O)OC[C@H](COP(=O)(OCC(COP(=O)(OC[C@@H](COC(=O)CCCCCCCCCCCCCCCCC)OC(=O)CCCCCCCCCCCCCCCCC)Oc1ccccc1Cl)O[Si](C)(C)C(C)(C)C)Oc1ccccc1Cl)OC(=O)CCCCCCCCCCCCCCCCC. The summed E-state index contributed by atoms with van der Waals surface area (Å²) in [5, 5.41) is -0.246. The average molecular weight is 1800 g/mol. The number of carbonyl (C=O) groups is 4. The lowest BCUT2D eigenvalue weighted by molar-refractivity contribution is -0.161. The van der Waals surface area contributed by atoms with Crippen molar-refractivity contribution in [2.24, 2.45) is 0 Å². The van der Waals surface area contributed by atoms with E-state index in [1.165, 1.54) is 282 Å². The van der Waals surface area contributed by atoms with Gasteiger partial charge in [-0.05, 0) is 68.1 Å². The number of rotatable bonds is 88. The van der Waals surface area contributed by atoms with Crippen LogP contribution in [0.5, 0.6) is 11.5 Å². The Labute approximate surface area is 750 Å². The number of halogens is 2. The molecule has 0 fully saturated rings. The second-order valence-corrected chi connectivity index (χ2v) is 44.8. The molecule has 2 unspecified atom stereocenters. The van der Waals surface area contributed by atoms with E-state index in [2.05, 4.69) is 27.7 Å². The van der Waals surface area contributed by atoms with E-state index in [1.54, 1.807) is 36.4 Å². The fourth-order valence-electron chi connectivity index (χ4n) is 14.7. The molecule has 0 heterocycles. The highest BCUT2D eigenvalue weighted by Crippen LogP contribution is 2.54. The summed E-state index contributed by atoms with van der Waals surface area (Å²) < 4.78 is 98.8. The van der Waals surface area contributed by atoms with Crippen molar-refractivity contribution in [2.75, 3.05) is 39.6 Å². The Kier molecular flexibility index (Phi) is 72.5. The third kappa shape index (κ3) is 66.1. The zero-order valence-corrected chi connectivity index (χ0v) is 82.7. The summed E-state index contributed by atoms with van der Waals surface area (Å²) in [7, 11) is -12.6. The van der Waals surface area contributed by atoms with Crippen molar-refractivity contribution < 1.29 is 78.8 Å². The Balaban J connectivity index is 2.39. The number of ether oxygens (including phenoxy) is 4. The van der Waals surface area contributed by atoms with E-state index in [-0.39, 0.29) is 60.4 Å². The predicted molar refractivity (Wildman–Crippen MR) is 505 cm³/mol. The van der Waals surface area contributed by atoms with Gasteiger partial charge >= 0.3 is 39.5 Å². The normalized spacial score (nSPS) is 13.6. The molecule has 2 rings (SSSR count). The van der Waals surface area contributed by atoms with Crippen LogP contribution >= 0.6 is 38.8 Å². The van der Waals surface area contributed by atoms with Gasteiger partial charge in [-0.2, -0.15) is 0 Å². The molecule has 4 atom stereocenters. The van der Waals surface area contributed by atoms with Crippen LogP contribution in [0.15, 0.2) is 48.5 Å². The van der Waals surface area contributed by atoms with E-state index >= 15 is 9.13 Å². The molecule has 2 aromatic carbocycles. The maximum Gasteiger partial charge on any atom is 0.530 e. The Hall–Kier alpha value is -3.02.